The molecule has 3 nitrogen and oxygen atoms in total. The third-order valence-electron chi connectivity index (χ3n) is 0.500. The Labute approximate surface area is 63.5 Å². The third-order valence-corrected chi connectivity index (χ3v) is 1.50. The normalized spacial score (nSPS) is 9.00. The van der Waals surface area contributed by atoms with Gasteiger partial charge in [0.2, 0.25) is 0 Å². The first-order valence-electron chi connectivity index (χ1n) is 1.84. The maximum atomic E-state index is 4.71. The van der Waals surface area contributed by atoms with Gasteiger partial charge in [-0.3, -0.25) is 0 Å². The minimum absolute atomic E-state index is 0. The molecule has 5 heteroatoms. The summed E-state index contributed by atoms with van der Waals surface area (Å²) in [5, 5.41) is 0. The van der Waals surface area contributed by atoms with Crippen LogP contribution in [0.3, 0.4) is 0 Å². The zero-order valence-electron chi connectivity index (χ0n) is 5.08. The SMILES string of the molecule is CO[PH+](OC)OC.[Ru]. The van der Waals surface area contributed by atoms with Gasteiger partial charge in [-0.15, -0.1) is 0 Å². The Kier molecular flexibility index (Phi) is 11.6. The van der Waals surface area contributed by atoms with E-state index in [-0.39, 0.29) is 19.5 Å². The molecule has 0 aromatic rings. The largest absolute Gasteiger partial charge is 0.397 e. The summed E-state index contributed by atoms with van der Waals surface area (Å²) in [6.07, 6.45) is 0. The van der Waals surface area contributed by atoms with Gasteiger partial charge in [-0.2, -0.15) is 13.6 Å². The van der Waals surface area contributed by atoms with Crippen molar-refractivity contribution in [3.8, 4) is 0 Å². The second-order valence-corrected chi connectivity index (χ2v) is 2.59. The van der Waals surface area contributed by atoms with Crippen LogP contribution in [0.1, 0.15) is 0 Å². The van der Waals surface area contributed by atoms with E-state index in [1.807, 2.05) is 0 Å². The van der Waals surface area contributed by atoms with Crippen molar-refractivity contribution in [2.45, 2.75) is 0 Å². The Balaban J connectivity index is 0. The molecular weight excluding hydrogens is 216 g/mol. The molecule has 0 atom stereocenters. The van der Waals surface area contributed by atoms with Crippen molar-refractivity contribution in [2.24, 2.45) is 0 Å². The monoisotopic (exact) mass is 227 g/mol. The van der Waals surface area contributed by atoms with Crippen LogP contribution in [0.2, 0.25) is 0 Å². The first kappa shape index (κ1) is 11.7. The van der Waals surface area contributed by atoms with Crippen LogP contribution in [-0.4, -0.2) is 21.3 Å². The van der Waals surface area contributed by atoms with Crippen LogP contribution in [0, 0.1) is 0 Å². The van der Waals surface area contributed by atoms with Crippen LogP contribution in [-0.2, 0) is 33.0 Å². The van der Waals surface area contributed by atoms with Crippen molar-refractivity contribution in [2.75, 3.05) is 21.3 Å². The summed E-state index contributed by atoms with van der Waals surface area (Å²) in [7, 11) is 3.31. The van der Waals surface area contributed by atoms with Gasteiger partial charge < -0.3 is 0 Å². The van der Waals surface area contributed by atoms with Gasteiger partial charge >= 0.3 is 8.60 Å². The number of hydrogen-bond donors (Lipinski definition) is 0. The first-order chi connectivity index (χ1) is 3.35. The predicted octanol–water partition coefficient (Wildman–Crippen LogP) is 0.882. The molecule has 0 unspecified atom stereocenters. The quantitative estimate of drug-likeness (QED) is 0.528. The Hall–Kier alpha value is 0.933. The molecule has 52 valence electrons. The standard InChI is InChI=1S/C3H10O3P.Ru/c1-4-7(5-2)6-3;/h7H,1-3H3;/q+1;. The van der Waals surface area contributed by atoms with Crippen LogP contribution >= 0.6 is 8.60 Å². The minimum atomic E-state index is -1.36. The molecule has 0 amide bonds. The van der Waals surface area contributed by atoms with Crippen LogP contribution in [0.5, 0.6) is 0 Å². The van der Waals surface area contributed by atoms with Gasteiger partial charge in [0.1, 0.15) is 0 Å². The molecule has 0 aliphatic carbocycles. The predicted molar refractivity (Wildman–Crippen MR) is 29.3 cm³/mol. The molecule has 0 saturated heterocycles. The van der Waals surface area contributed by atoms with Gasteiger partial charge in [0.05, 0.1) is 21.3 Å². The topological polar surface area (TPSA) is 27.7 Å². The van der Waals surface area contributed by atoms with Crippen molar-refractivity contribution in [1.82, 2.24) is 0 Å². The molecule has 0 N–H and O–H groups in total. The third kappa shape index (κ3) is 5.08. The number of rotatable bonds is 3. The molecule has 0 bridgehead atoms. The molecule has 0 aliphatic heterocycles. The smallest absolute Gasteiger partial charge is 0.183 e. The molecule has 0 heterocycles. The van der Waals surface area contributed by atoms with E-state index >= 15 is 0 Å². The zero-order valence-corrected chi connectivity index (χ0v) is 7.82. The van der Waals surface area contributed by atoms with Gasteiger partial charge in [0, 0.05) is 19.5 Å². The summed E-state index contributed by atoms with van der Waals surface area (Å²) < 4.78 is 14.1. The first-order valence-corrected chi connectivity index (χ1v) is 3.06. The van der Waals surface area contributed by atoms with E-state index in [0.717, 1.165) is 0 Å². The fraction of sp³-hybridized carbons (Fsp3) is 1.00. The average molecular weight is 226 g/mol. The summed E-state index contributed by atoms with van der Waals surface area (Å²) in [6, 6.07) is 0. The molecule has 0 aliphatic rings. The van der Waals surface area contributed by atoms with E-state index in [1.165, 1.54) is 0 Å². The summed E-state index contributed by atoms with van der Waals surface area (Å²) in [6.45, 7) is 0. The van der Waals surface area contributed by atoms with E-state index in [2.05, 4.69) is 0 Å². The summed E-state index contributed by atoms with van der Waals surface area (Å²) >= 11 is 0. The summed E-state index contributed by atoms with van der Waals surface area (Å²) in [4.78, 5) is 0. The maximum absolute atomic E-state index is 4.71. The van der Waals surface area contributed by atoms with Gasteiger partial charge in [0.15, 0.2) is 0 Å². The molecule has 0 radical (unpaired) electrons. The zero-order chi connectivity index (χ0) is 5.70. The average Bonchev–Trinajstić information content (AvgIpc) is 1.72. The molecular formula is C3H10O3PRu+. The minimum Gasteiger partial charge on any atom is -0.183 e. The van der Waals surface area contributed by atoms with Crippen LogP contribution in [0.25, 0.3) is 0 Å². The second kappa shape index (κ2) is 7.93. The van der Waals surface area contributed by atoms with E-state index in [1.54, 1.807) is 21.3 Å². The summed E-state index contributed by atoms with van der Waals surface area (Å²) in [5.41, 5.74) is 0. The van der Waals surface area contributed by atoms with Crippen LogP contribution in [0.4, 0.5) is 0 Å². The van der Waals surface area contributed by atoms with Gasteiger partial charge in [-0.25, -0.2) is 0 Å². The molecule has 0 saturated carbocycles. The van der Waals surface area contributed by atoms with Crippen LogP contribution < -0.4 is 0 Å². The van der Waals surface area contributed by atoms with Crippen molar-refractivity contribution >= 4 is 8.60 Å². The van der Waals surface area contributed by atoms with Crippen LogP contribution in [0.15, 0.2) is 0 Å². The molecule has 0 rings (SSSR count). The Morgan fingerprint density at radius 2 is 1.12 bits per heavy atom. The van der Waals surface area contributed by atoms with E-state index in [0.29, 0.717) is 0 Å². The second-order valence-electron chi connectivity index (χ2n) is 0.862. The summed E-state index contributed by atoms with van der Waals surface area (Å²) in [5.74, 6) is 0. The Morgan fingerprint density at radius 1 is 0.875 bits per heavy atom. The van der Waals surface area contributed by atoms with E-state index in [9.17, 15) is 0 Å². The van der Waals surface area contributed by atoms with E-state index < -0.39 is 8.60 Å². The molecule has 8 heavy (non-hydrogen) atoms. The fourth-order valence-corrected chi connectivity index (χ4v) is 0.750. The van der Waals surface area contributed by atoms with Crippen molar-refractivity contribution < 1.29 is 33.0 Å². The maximum Gasteiger partial charge on any atom is 0.397 e. The van der Waals surface area contributed by atoms with Crippen molar-refractivity contribution in [1.29, 1.82) is 0 Å². The Morgan fingerprint density at radius 3 is 1.12 bits per heavy atom. The molecule has 0 spiro atoms. The number of hydrogen-bond acceptors (Lipinski definition) is 3. The molecule has 0 fully saturated rings. The van der Waals surface area contributed by atoms with Crippen molar-refractivity contribution in [3.05, 3.63) is 0 Å². The fourth-order valence-electron chi connectivity index (χ4n) is 0.250. The van der Waals surface area contributed by atoms with Gasteiger partial charge in [-0.1, -0.05) is 0 Å². The van der Waals surface area contributed by atoms with Crippen molar-refractivity contribution in [3.63, 3.8) is 0 Å². The Bertz CT molecular complexity index is 36.0. The van der Waals surface area contributed by atoms with Gasteiger partial charge in [-0.05, 0) is 0 Å². The van der Waals surface area contributed by atoms with E-state index in [4.69, 9.17) is 13.6 Å². The molecule has 0 aromatic carbocycles. The molecule has 0 aromatic heterocycles. The van der Waals surface area contributed by atoms with Gasteiger partial charge in [0.25, 0.3) is 0 Å².